The predicted octanol–water partition coefficient (Wildman–Crippen LogP) is 1.85. The maximum atomic E-state index is 12.0. The summed E-state index contributed by atoms with van der Waals surface area (Å²) in [5.41, 5.74) is 1.27. The number of rotatable bonds is 7. The molecule has 5 nitrogen and oxygen atoms in total. The first-order chi connectivity index (χ1) is 9.56. The second-order valence-corrected chi connectivity index (χ2v) is 4.79. The molecule has 1 aromatic carbocycles. The Morgan fingerprint density at radius 2 is 2.05 bits per heavy atom. The fraction of sp³-hybridized carbons (Fsp3) is 0.467. The largest absolute Gasteiger partial charge is 0.383 e. The van der Waals surface area contributed by atoms with E-state index < -0.39 is 0 Å². The zero-order valence-corrected chi connectivity index (χ0v) is 12.2. The number of carbonyl (C=O) groups excluding carboxylic acids is 1. The number of ether oxygens (including phenoxy) is 1. The molecule has 0 unspecified atom stereocenters. The lowest BCUT2D eigenvalue weighted by molar-refractivity contribution is -0.117. The minimum atomic E-state index is -0.0699. The Kier molecular flexibility index (Phi) is 6.71. The van der Waals surface area contributed by atoms with Crippen molar-refractivity contribution < 1.29 is 9.53 Å². The van der Waals surface area contributed by atoms with E-state index in [2.05, 4.69) is 5.32 Å². The molecule has 0 bridgehead atoms. The van der Waals surface area contributed by atoms with Crippen molar-refractivity contribution in [2.75, 3.05) is 32.1 Å². The summed E-state index contributed by atoms with van der Waals surface area (Å²) in [6, 6.07) is 9.14. The lowest BCUT2D eigenvalue weighted by atomic mass is 10.2. The molecule has 1 aromatic rings. The van der Waals surface area contributed by atoms with Gasteiger partial charge in [0.2, 0.25) is 5.91 Å². The van der Waals surface area contributed by atoms with Crippen molar-refractivity contribution in [3.05, 3.63) is 29.8 Å². The first kappa shape index (κ1) is 16.2. The van der Waals surface area contributed by atoms with Crippen LogP contribution in [-0.2, 0) is 9.53 Å². The average Bonchev–Trinajstić information content (AvgIpc) is 2.44. The molecule has 108 valence electrons. The Hall–Kier alpha value is -1.90. The summed E-state index contributed by atoms with van der Waals surface area (Å²) in [6.45, 7) is 5.73. The van der Waals surface area contributed by atoms with Gasteiger partial charge in [0, 0.05) is 25.4 Å². The van der Waals surface area contributed by atoms with Crippen LogP contribution in [0.25, 0.3) is 0 Å². The smallest absolute Gasteiger partial charge is 0.238 e. The topological polar surface area (TPSA) is 65.4 Å². The lowest BCUT2D eigenvalue weighted by Crippen LogP contribution is -2.40. The van der Waals surface area contributed by atoms with Gasteiger partial charge in [-0.3, -0.25) is 9.69 Å². The van der Waals surface area contributed by atoms with Gasteiger partial charge in [0.05, 0.1) is 24.8 Å². The van der Waals surface area contributed by atoms with Crippen molar-refractivity contribution in [3.8, 4) is 6.07 Å². The SMILES string of the molecule is COCCN(CC(=O)Nc1ccc(C#N)cc1)C(C)C. The van der Waals surface area contributed by atoms with Gasteiger partial charge in [0.1, 0.15) is 0 Å². The van der Waals surface area contributed by atoms with E-state index in [0.717, 1.165) is 6.54 Å². The van der Waals surface area contributed by atoms with Crippen molar-refractivity contribution >= 4 is 11.6 Å². The first-order valence-electron chi connectivity index (χ1n) is 6.59. The highest BCUT2D eigenvalue weighted by atomic mass is 16.5. The molecule has 1 rings (SSSR count). The summed E-state index contributed by atoms with van der Waals surface area (Å²) < 4.78 is 5.04. The molecular weight excluding hydrogens is 254 g/mol. The highest BCUT2D eigenvalue weighted by molar-refractivity contribution is 5.92. The first-order valence-corrected chi connectivity index (χ1v) is 6.59. The molecule has 0 aliphatic carbocycles. The van der Waals surface area contributed by atoms with Crippen LogP contribution in [0.1, 0.15) is 19.4 Å². The maximum absolute atomic E-state index is 12.0. The van der Waals surface area contributed by atoms with E-state index in [4.69, 9.17) is 10.00 Å². The number of nitrogens with zero attached hydrogens (tertiary/aromatic N) is 2. The van der Waals surface area contributed by atoms with Crippen molar-refractivity contribution in [1.82, 2.24) is 4.90 Å². The molecular formula is C15H21N3O2. The summed E-state index contributed by atoms with van der Waals surface area (Å²) in [5, 5.41) is 11.5. The van der Waals surface area contributed by atoms with E-state index in [9.17, 15) is 4.79 Å². The van der Waals surface area contributed by atoms with Crippen molar-refractivity contribution in [3.63, 3.8) is 0 Å². The van der Waals surface area contributed by atoms with Gasteiger partial charge in [-0.15, -0.1) is 0 Å². The minimum absolute atomic E-state index is 0.0699. The number of hydrogen-bond donors (Lipinski definition) is 1. The van der Waals surface area contributed by atoms with Gasteiger partial charge in [0.15, 0.2) is 0 Å². The molecule has 0 heterocycles. The summed E-state index contributed by atoms with van der Waals surface area (Å²) in [7, 11) is 1.65. The molecule has 20 heavy (non-hydrogen) atoms. The lowest BCUT2D eigenvalue weighted by Gasteiger charge is -2.25. The third-order valence-corrected chi connectivity index (χ3v) is 2.96. The zero-order valence-electron chi connectivity index (χ0n) is 12.2. The number of benzene rings is 1. The summed E-state index contributed by atoms with van der Waals surface area (Å²) >= 11 is 0. The van der Waals surface area contributed by atoms with Gasteiger partial charge in [0.25, 0.3) is 0 Å². The van der Waals surface area contributed by atoms with E-state index in [-0.39, 0.29) is 11.9 Å². The fourth-order valence-electron chi connectivity index (χ4n) is 1.74. The number of nitriles is 1. The molecule has 0 aromatic heterocycles. The number of methoxy groups -OCH3 is 1. The van der Waals surface area contributed by atoms with Gasteiger partial charge in [-0.1, -0.05) is 0 Å². The quantitative estimate of drug-likeness (QED) is 0.825. The van der Waals surface area contributed by atoms with Gasteiger partial charge >= 0.3 is 0 Å². The highest BCUT2D eigenvalue weighted by Gasteiger charge is 2.13. The van der Waals surface area contributed by atoms with Crippen LogP contribution in [-0.4, -0.2) is 43.7 Å². The molecule has 5 heteroatoms. The van der Waals surface area contributed by atoms with Crippen LogP contribution in [0.3, 0.4) is 0 Å². The summed E-state index contributed by atoms with van der Waals surface area (Å²) in [4.78, 5) is 14.0. The van der Waals surface area contributed by atoms with E-state index in [1.807, 2.05) is 24.8 Å². The molecule has 0 radical (unpaired) electrons. The van der Waals surface area contributed by atoms with Crippen LogP contribution < -0.4 is 5.32 Å². The highest BCUT2D eigenvalue weighted by Crippen LogP contribution is 2.09. The Labute approximate surface area is 120 Å². The Morgan fingerprint density at radius 1 is 1.40 bits per heavy atom. The standard InChI is InChI=1S/C15H21N3O2/c1-12(2)18(8-9-20-3)11-15(19)17-14-6-4-13(10-16)5-7-14/h4-7,12H,8-9,11H2,1-3H3,(H,17,19). The number of carbonyl (C=O) groups is 1. The van der Waals surface area contributed by atoms with E-state index in [0.29, 0.717) is 24.4 Å². The Morgan fingerprint density at radius 3 is 2.55 bits per heavy atom. The van der Waals surface area contributed by atoms with Crippen molar-refractivity contribution in [1.29, 1.82) is 5.26 Å². The van der Waals surface area contributed by atoms with Gasteiger partial charge < -0.3 is 10.1 Å². The fourth-order valence-corrected chi connectivity index (χ4v) is 1.74. The third-order valence-electron chi connectivity index (χ3n) is 2.96. The van der Waals surface area contributed by atoms with E-state index >= 15 is 0 Å². The third kappa shape index (κ3) is 5.39. The molecule has 1 amide bonds. The zero-order chi connectivity index (χ0) is 15.0. The average molecular weight is 275 g/mol. The van der Waals surface area contributed by atoms with Gasteiger partial charge in [-0.05, 0) is 38.1 Å². The van der Waals surface area contributed by atoms with Crippen LogP contribution in [0.15, 0.2) is 24.3 Å². The van der Waals surface area contributed by atoms with Gasteiger partial charge in [-0.25, -0.2) is 0 Å². The minimum Gasteiger partial charge on any atom is -0.383 e. The molecule has 0 saturated carbocycles. The number of anilines is 1. The molecule has 0 aliphatic heterocycles. The second kappa shape index (κ2) is 8.31. The molecule has 0 atom stereocenters. The predicted molar refractivity (Wildman–Crippen MR) is 78.4 cm³/mol. The molecule has 0 aliphatic rings. The maximum Gasteiger partial charge on any atom is 0.238 e. The summed E-state index contributed by atoms with van der Waals surface area (Å²) in [5.74, 6) is -0.0699. The van der Waals surface area contributed by atoms with Gasteiger partial charge in [-0.2, -0.15) is 5.26 Å². The molecule has 0 spiro atoms. The van der Waals surface area contributed by atoms with E-state index in [1.165, 1.54) is 0 Å². The van der Waals surface area contributed by atoms with Crippen LogP contribution in [0.4, 0.5) is 5.69 Å². The number of hydrogen-bond acceptors (Lipinski definition) is 4. The van der Waals surface area contributed by atoms with Crippen LogP contribution in [0, 0.1) is 11.3 Å². The summed E-state index contributed by atoms with van der Waals surface area (Å²) in [6.07, 6.45) is 0. The Bertz CT molecular complexity index is 463. The van der Waals surface area contributed by atoms with Crippen molar-refractivity contribution in [2.24, 2.45) is 0 Å². The van der Waals surface area contributed by atoms with Crippen molar-refractivity contribution in [2.45, 2.75) is 19.9 Å². The Balaban J connectivity index is 2.54. The molecule has 0 fully saturated rings. The number of nitrogens with one attached hydrogen (secondary N) is 1. The van der Waals surface area contributed by atoms with E-state index in [1.54, 1.807) is 31.4 Å². The van der Waals surface area contributed by atoms with Crippen LogP contribution >= 0.6 is 0 Å². The molecule has 1 N–H and O–H groups in total. The van der Waals surface area contributed by atoms with Crippen LogP contribution in [0.2, 0.25) is 0 Å². The molecule has 0 saturated heterocycles. The number of amides is 1. The normalized spacial score (nSPS) is 10.6. The second-order valence-electron chi connectivity index (χ2n) is 4.79. The van der Waals surface area contributed by atoms with Crippen LogP contribution in [0.5, 0.6) is 0 Å². The monoisotopic (exact) mass is 275 g/mol.